The first-order valence-corrected chi connectivity index (χ1v) is 9.69. The van der Waals surface area contributed by atoms with Crippen LogP contribution in [0.4, 0.5) is 11.5 Å². The smallest absolute Gasteiger partial charge is 0.259 e. The Morgan fingerprint density at radius 3 is 2.61 bits per heavy atom. The lowest BCUT2D eigenvalue weighted by molar-refractivity contribution is 0.0998. The van der Waals surface area contributed by atoms with Gasteiger partial charge in [-0.15, -0.1) is 0 Å². The highest BCUT2D eigenvalue weighted by Crippen LogP contribution is 2.27. The third-order valence-electron chi connectivity index (χ3n) is 5.03. The molecule has 4 rings (SSSR count). The van der Waals surface area contributed by atoms with Gasteiger partial charge in [0, 0.05) is 11.1 Å². The van der Waals surface area contributed by atoms with Crippen LogP contribution >= 0.6 is 0 Å². The van der Waals surface area contributed by atoms with E-state index in [-0.39, 0.29) is 11.9 Å². The van der Waals surface area contributed by atoms with Crippen LogP contribution in [0.3, 0.4) is 0 Å². The Morgan fingerprint density at radius 2 is 1.87 bits per heavy atom. The number of primary amides is 1. The van der Waals surface area contributed by atoms with Gasteiger partial charge in [0.15, 0.2) is 0 Å². The first-order valence-electron chi connectivity index (χ1n) is 9.69. The molecule has 0 aliphatic rings. The summed E-state index contributed by atoms with van der Waals surface area (Å²) >= 11 is 0. The fourth-order valence-electron chi connectivity index (χ4n) is 3.39. The summed E-state index contributed by atoms with van der Waals surface area (Å²) in [5.74, 6) is 0.378. The van der Waals surface area contributed by atoms with E-state index < -0.39 is 5.91 Å². The molecule has 0 saturated heterocycles. The predicted molar refractivity (Wildman–Crippen MR) is 118 cm³/mol. The van der Waals surface area contributed by atoms with Crippen LogP contribution in [-0.4, -0.2) is 21.8 Å². The van der Waals surface area contributed by atoms with E-state index >= 15 is 0 Å². The topological polar surface area (TPSA) is 123 Å². The van der Waals surface area contributed by atoms with Crippen LogP contribution in [-0.2, 0) is 0 Å². The zero-order valence-electron chi connectivity index (χ0n) is 17.0. The number of aryl methyl sites for hydroxylation is 1. The van der Waals surface area contributed by atoms with Crippen LogP contribution in [0.25, 0.3) is 10.9 Å². The minimum Gasteiger partial charge on any atom is -0.469 e. The third kappa shape index (κ3) is 4.09. The van der Waals surface area contributed by atoms with E-state index in [4.69, 9.17) is 10.2 Å². The molecule has 4 N–H and O–H groups in total. The van der Waals surface area contributed by atoms with Gasteiger partial charge in [0.25, 0.3) is 11.8 Å². The lowest BCUT2D eigenvalue weighted by Crippen LogP contribution is -2.14. The van der Waals surface area contributed by atoms with E-state index in [1.807, 2.05) is 37.3 Å². The Bertz CT molecular complexity index is 1280. The van der Waals surface area contributed by atoms with Gasteiger partial charge >= 0.3 is 0 Å². The highest BCUT2D eigenvalue weighted by molar-refractivity contribution is 6.07. The Labute approximate surface area is 178 Å². The number of anilines is 2. The fraction of sp³-hybridized carbons (Fsp3) is 0.130. The molecular weight excluding hydrogens is 394 g/mol. The fourth-order valence-corrected chi connectivity index (χ4v) is 3.39. The number of carbonyl (C=O) groups is 2. The maximum absolute atomic E-state index is 12.5. The highest BCUT2D eigenvalue weighted by atomic mass is 16.3. The van der Waals surface area contributed by atoms with E-state index in [2.05, 4.69) is 20.6 Å². The molecule has 0 saturated carbocycles. The van der Waals surface area contributed by atoms with Crippen LogP contribution in [0.15, 0.2) is 65.5 Å². The maximum Gasteiger partial charge on any atom is 0.259 e. The Kier molecular flexibility index (Phi) is 5.36. The molecule has 2 aromatic heterocycles. The summed E-state index contributed by atoms with van der Waals surface area (Å²) in [5, 5.41) is 6.94. The monoisotopic (exact) mass is 415 g/mol. The van der Waals surface area contributed by atoms with Crippen molar-refractivity contribution in [2.24, 2.45) is 5.73 Å². The van der Waals surface area contributed by atoms with Crippen LogP contribution in [0.5, 0.6) is 0 Å². The number of hydrogen-bond donors (Lipinski definition) is 3. The zero-order valence-corrected chi connectivity index (χ0v) is 17.0. The molecule has 0 aliphatic carbocycles. The number of fused-ring (bicyclic) bond motifs is 1. The van der Waals surface area contributed by atoms with Crippen LogP contribution in [0.1, 0.15) is 45.0 Å². The second kappa shape index (κ2) is 8.27. The molecule has 2 amide bonds. The summed E-state index contributed by atoms with van der Waals surface area (Å²) in [7, 11) is 0. The van der Waals surface area contributed by atoms with Crippen molar-refractivity contribution in [3.63, 3.8) is 0 Å². The molecule has 0 aliphatic heterocycles. The molecule has 2 heterocycles. The molecule has 0 radical (unpaired) electrons. The van der Waals surface area contributed by atoms with Gasteiger partial charge < -0.3 is 20.8 Å². The summed E-state index contributed by atoms with van der Waals surface area (Å²) < 4.78 is 5.20. The molecular formula is C23H21N5O3. The summed E-state index contributed by atoms with van der Waals surface area (Å²) in [5.41, 5.74) is 8.41. The quantitative estimate of drug-likeness (QED) is 0.436. The van der Waals surface area contributed by atoms with Gasteiger partial charge in [-0.1, -0.05) is 18.2 Å². The minimum atomic E-state index is -0.542. The van der Waals surface area contributed by atoms with Gasteiger partial charge in [0.05, 0.1) is 28.9 Å². The molecule has 1 atom stereocenters. The van der Waals surface area contributed by atoms with Gasteiger partial charge in [-0.3, -0.25) is 9.59 Å². The molecule has 0 spiro atoms. The Morgan fingerprint density at radius 1 is 1.06 bits per heavy atom. The Balaban J connectivity index is 1.57. The first-order chi connectivity index (χ1) is 14.9. The highest BCUT2D eigenvalue weighted by Gasteiger charge is 2.15. The molecule has 0 fully saturated rings. The van der Waals surface area contributed by atoms with Crippen molar-refractivity contribution in [3.05, 3.63) is 83.6 Å². The van der Waals surface area contributed by atoms with Crippen molar-refractivity contribution in [2.75, 3.05) is 10.6 Å². The van der Waals surface area contributed by atoms with Gasteiger partial charge in [0.2, 0.25) is 0 Å². The lowest BCUT2D eigenvalue weighted by Gasteiger charge is -2.17. The third-order valence-corrected chi connectivity index (χ3v) is 5.03. The van der Waals surface area contributed by atoms with Crippen molar-refractivity contribution in [3.8, 4) is 0 Å². The Hall–Kier alpha value is -4.20. The number of para-hydroxylation sites is 1. The van der Waals surface area contributed by atoms with E-state index in [0.717, 1.165) is 5.56 Å². The van der Waals surface area contributed by atoms with Crippen LogP contribution < -0.4 is 16.4 Å². The molecule has 2 aromatic carbocycles. The molecule has 8 heteroatoms. The predicted octanol–water partition coefficient (Wildman–Crippen LogP) is 4.06. The van der Waals surface area contributed by atoms with Crippen LogP contribution in [0.2, 0.25) is 0 Å². The number of nitrogens with one attached hydrogen (secondary N) is 2. The maximum atomic E-state index is 12.5. The van der Waals surface area contributed by atoms with Crippen LogP contribution in [0, 0.1) is 6.92 Å². The summed E-state index contributed by atoms with van der Waals surface area (Å²) in [6.07, 6.45) is 2.88. The summed E-state index contributed by atoms with van der Waals surface area (Å²) in [6, 6.07) is 14.3. The largest absolute Gasteiger partial charge is 0.469 e. The van der Waals surface area contributed by atoms with E-state index in [1.54, 1.807) is 25.1 Å². The number of hydrogen-bond acceptors (Lipinski definition) is 6. The minimum absolute atomic E-state index is 0.136. The SMILES string of the molecule is Cc1occc1C(=O)Nc1cccc(C(C)Nc2ncnc3c(C(N)=O)cccc23)c1. The van der Waals surface area contributed by atoms with Gasteiger partial charge in [-0.05, 0) is 49.7 Å². The number of benzene rings is 2. The average molecular weight is 415 g/mol. The molecule has 8 nitrogen and oxygen atoms in total. The van der Waals surface area contributed by atoms with E-state index in [1.165, 1.54) is 12.6 Å². The second-order valence-corrected chi connectivity index (χ2v) is 7.12. The molecule has 1 unspecified atom stereocenters. The number of rotatable bonds is 6. The van der Waals surface area contributed by atoms with Crippen molar-refractivity contribution >= 4 is 34.2 Å². The van der Waals surface area contributed by atoms with Crippen molar-refractivity contribution in [1.29, 1.82) is 0 Å². The molecule has 31 heavy (non-hydrogen) atoms. The number of carbonyl (C=O) groups excluding carboxylic acids is 2. The molecule has 4 aromatic rings. The second-order valence-electron chi connectivity index (χ2n) is 7.12. The van der Waals surface area contributed by atoms with Crippen molar-refractivity contribution in [1.82, 2.24) is 9.97 Å². The molecule has 156 valence electrons. The molecule has 0 bridgehead atoms. The lowest BCUT2D eigenvalue weighted by atomic mass is 10.1. The summed E-state index contributed by atoms with van der Waals surface area (Å²) in [4.78, 5) is 32.7. The number of aromatic nitrogens is 2. The number of nitrogens with zero attached hydrogens (tertiary/aromatic N) is 2. The van der Waals surface area contributed by atoms with Crippen molar-refractivity contribution in [2.45, 2.75) is 19.9 Å². The average Bonchev–Trinajstić information content (AvgIpc) is 3.19. The van der Waals surface area contributed by atoms with E-state index in [0.29, 0.717) is 39.3 Å². The number of amides is 2. The van der Waals surface area contributed by atoms with E-state index in [9.17, 15) is 9.59 Å². The normalized spacial score (nSPS) is 11.8. The summed E-state index contributed by atoms with van der Waals surface area (Å²) in [6.45, 7) is 3.72. The first kappa shape index (κ1) is 20.1. The number of furan rings is 1. The van der Waals surface area contributed by atoms with Gasteiger partial charge in [0.1, 0.15) is 17.9 Å². The van der Waals surface area contributed by atoms with Gasteiger partial charge in [-0.2, -0.15) is 0 Å². The van der Waals surface area contributed by atoms with Gasteiger partial charge in [-0.25, -0.2) is 9.97 Å². The zero-order chi connectivity index (χ0) is 22.0. The van der Waals surface area contributed by atoms with Crippen molar-refractivity contribution < 1.29 is 14.0 Å². The number of nitrogens with two attached hydrogens (primary N) is 1. The standard InChI is InChI=1S/C23H21N5O3/c1-13(27-22-19-8-4-7-18(21(24)29)20(19)25-12-26-22)15-5-3-6-16(11-15)28-23(30)17-9-10-31-14(17)2/h3-13H,1-2H3,(H2,24,29)(H,28,30)(H,25,26,27).